The van der Waals surface area contributed by atoms with Gasteiger partial charge in [-0.2, -0.15) is 5.10 Å². The quantitative estimate of drug-likeness (QED) is 0.0857. The van der Waals surface area contributed by atoms with E-state index in [-0.39, 0.29) is 36.0 Å². The van der Waals surface area contributed by atoms with Crippen LogP contribution in [0.2, 0.25) is 0 Å². The molecule has 4 aromatic rings. The van der Waals surface area contributed by atoms with Crippen molar-refractivity contribution < 1.29 is 33.5 Å². The van der Waals surface area contributed by atoms with Gasteiger partial charge in [0.05, 0.1) is 36.5 Å². The van der Waals surface area contributed by atoms with Gasteiger partial charge in [0.1, 0.15) is 0 Å². The van der Waals surface area contributed by atoms with Gasteiger partial charge in [-0.25, -0.2) is 15.0 Å². The third-order valence-electron chi connectivity index (χ3n) is 7.79. The zero-order valence-electron chi connectivity index (χ0n) is 26.7. The molecule has 3 amide bonds. The number of benzene rings is 3. The van der Waals surface area contributed by atoms with Gasteiger partial charge in [0.15, 0.2) is 18.1 Å². The van der Waals surface area contributed by atoms with E-state index in [1.165, 1.54) is 19.2 Å². The fourth-order valence-electron chi connectivity index (χ4n) is 5.48. The standard InChI is InChI=1S/C34H34N6O8/c1-5-47-33(42)31-20(2)36-34(43)37-32(31)23-12-15-28(29(16-23)46-4)48-19-30(41)38-35-17-26-21(3)39(27-9-7-6-8-25(26)27)18-22-10-13-24(14-11-22)40(44)45/h6-17,32H,5,18-19H2,1-4H3,(H,38,41)(H2,36,37,43)/b35-17-/t32-/m0/s1. The molecule has 0 fully saturated rings. The summed E-state index contributed by atoms with van der Waals surface area (Å²) in [5.41, 5.74) is 7.25. The Kier molecular flexibility index (Phi) is 10.0. The van der Waals surface area contributed by atoms with Crippen LogP contribution < -0.4 is 25.5 Å². The Morgan fingerprint density at radius 3 is 2.54 bits per heavy atom. The molecular formula is C34H34N6O8. The average Bonchev–Trinajstić information content (AvgIpc) is 3.33. The highest BCUT2D eigenvalue weighted by Gasteiger charge is 2.32. The predicted octanol–water partition coefficient (Wildman–Crippen LogP) is 4.63. The molecule has 3 aromatic carbocycles. The highest BCUT2D eigenvalue weighted by molar-refractivity contribution is 6.01. The average molecular weight is 655 g/mol. The summed E-state index contributed by atoms with van der Waals surface area (Å²) in [6, 6.07) is 17.8. The zero-order chi connectivity index (χ0) is 34.4. The number of nitrogens with zero attached hydrogens (tertiary/aromatic N) is 3. The van der Waals surface area contributed by atoms with Gasteiger partial charge < -0.3 is 29.4 Å². The van der Waals surface area contributed by atoms with Crippen LogP contribution in [0.3, 0.4) is 0 Å². The summed E-state index contributed by atoms with van der Waals surface area (Å²) in [7, 11) is 1.44. The molecule has 0 saturated heterocycles. The highest BCUT2D eigenvalue weighted by atomic mass is 16.6. The minimum Gasteiger partial charge on any atom is -0.493 e. The van der Waals surface area contributed by atoms with E-state index in [9.17, 15) is 24.5 Å². The van der Waals surface area contributed by atoms with Crippen LogP contribution in [0.5, 0.6) is 11.5 Å². The molecule has 0 saturated carbocycles. The van der Waals surface area contributed by atoms with Crippen molar-refractivity contribution in [3.8, 4) is 11.5 Å². The topological polar surface area (TPSA) is 175 Å². The van der Waals surface area contributed by atoms with E-state index < -0.39 is 28.9 Å². The molecule has 0 spiro atoms. The van der Waals surface area contributed by atoms with E-state index in [2.05, 4.69) is 25.7 Å². The second-order valence-corrected chi connectivity index (χ2v) is 10.8. The first kappa shape index (κ1) is 33.2. The first-order valence-corrected chi connectivity index (χ1v) is 15.0. The predicted molar refractivity (Wildman–Crippen MR) is 177 cm³/mol. The molecule has 0 radical (unpaired) electrons. The second kappa shape index (κ2) is 14.5. The number of amides is 3. The van der Waals surface area contributed by atoms with Gasteiger partial charge in [0.2, 0.25) is 0 Å². The first-order valence-electron chi connectivity index (χ1n) is 15.0. The molecule has 248 valence electrons. The maximum atomic E-state index is 12.7. The number of carbonyl (C=O) groups is 3. The summed E-state index contributed by atoms with van der Waals surface area (Å²) in [5.74, 6) is -0.523. The number of nitro groups is 1. The lowest BCUT2D eigenvalue weighted by Crippen LogP contribution is -2.45. The molecule has 48 heavy (non-hydrogen) atoms. The third kappa shape index (κ3) is 7.12. The maximum absolute atomic E-state index is 12.7. The number of fused-ring (bicyclic) bond motifs is 1. The monoisotopic (exact) mass is 654 g/mol. The summed E-state index contributed by atoms with van der Waals surface area (Å²) in [5, 5.41) is 21.5. The first-order chi connectivity index (χ1) is 23.1. The molecule has 2 heterocycles. The number of nitro benzene ring substituents is 1. The maximum Gasteiger partial charge on any atom is 0.338 e. The zero-order valence-corrected chi connectivity index (χ0v) is 26.7. The van der Waals surface area contributed by atoms with Crippen molar-refractivity contribution in [2.45, 2.75) is 33.4 Å². The largest absolute Gasteiger partial charge is 0.493 e. The van der Waals surface area contributed by atoms with Gasteiger partial charge >= 0.3 is 12.0 Å². The molecule has 1 aliphatic heterocycles. The Balaban J connectivity index is 1.26. The molecule has 1 atom stereocenters. The van der Waals surface area contributed by atoms with E-state index in [4.69, 9.17) is 14.2 Å². The molecule has 0 unspecified atom stereocenters. The number of hydrogen-bond donors (Lipinski definition) is 3. The highest BCUT2D eigenvalue weighted by Crippen LogP contribution is 2.34. The third-order valence-corrected chi connectivity index (χ3v) is 7.79. The summed E-state index contributed by atoms with van der Waals surface area (Å²) in [4.78, 5) is 48.2. The van der Waals surface area contributed by atoms with Crippen LogP contribution in [-0.4, -0.2) is 53.9 Å². The number of methoxy groups -OCH3 is 1. The molecule has 14 heteroatoms. The number of nitrogens with one attached hydrogen (secondary N) is 3. The van der Waals surface area contributed by atoms with Gasteiger partial charge in [-0.15, -0.1) is 0 Å². The Morgan fingerprint density at radius 1 is 1.08 bits per heavy atom. The molecule has 0 bridgehead atoms. The van der Waals surface area contributed by atoms with Crippen LogP contribution in [0.15, 0.2) is 83.1 Å². The molecule has 1 aromatic heterocycles. The molecule has 3 N–H and O–H groups in total. The number of rotatable bonds is 12. The fraction of sp³-hybridized carbons (Fsp3) is 0.235. The molecular weight excluding hydrogens is 620 g/mol. The van der Waals surface area contributed by atoms with Crippen LogP contribution in [0.4, 0.5) is 10.5 Å². The number of esters is 1. The lowest BCUT2D eigenvalue weighted by molar-refractivity contribution is -0.384. The lowest BCUT2D eigenvalue weighted by Gasteiger charge is -2.28. The van der Waals surface area contributed by atoms with Gasteiger partial charge in [0.25, 0.3) is 11.6 Å². The van der Waals surface area contributed by atoms with Crippen molar-refractivity contribution in [2.75, 3.05) is 20.3 Å². The second-order valence-electron chi connectivity index (χ2n) is 10.8. The Bertz CT molecular complexity index is 1950. The number of para-hydroxylation sites is 1. The van der Waals surface area contributed by atoms with Crippen molar-refractivity contribution in [2.24, 2.45) is 5.10 Å². The van der Waals surface area contributed by atoms with Gasteiger partial charge in [-0.05, 0) is 50.1 Å². The number of allylic oxidation sites excluding steroid dienone is 1. The van der Waals surface area contributed by atoms with Crippen LogP contribution in [0.1, 0.15) is 42.3 Å². The minimum absolute atomic E-state index is 0.0279. The van der Waals surface area contributed by atoms with Crippen LogP contribution in [-0.2, 0) is 20.9 Å². The molecule has 14 nitrogen and oxygen atoms in total. The van der Waals surface area contributed by atoms with Crippen molar-refractivity contribution in [1.29, 1.82) is 0 Å². The number of non-ortho nitro benzene ring substituents is 1. The molecule has 1 aliphatic rings. The van der Waals surface area contributed by atoms with Gasteiger partial charge in [-0.1, -0.05) is 36.4 Å². The van der Waals surface area contributed by atoms with E-state index in [0.717, 1.165) is 27.7 Å². The van der Waals surface area contributed by atoms with E-state index in [1.54, 1.807) is 50.4 Å². The van der Waals surface area contributed by atoms with Crippen molar-refractivity contribution in [3.63, 3.8) is 0 Å². The van der Waals surface area contributed by atoms with Crippen molar-refractivity contribution in [1.82, 2.24) is 20.6 Å². The SMILES string of the molecule is CCOC(=O)C1=C(C)NC(=O)N[C@H]1c1ccc(OCC(=O)N/N=C\c2c(C)n(Cc3ccc([N+](=O)[O-])cc3)c3ccccc23)c(OC)c1. The number of hydrogen-bond acceptors (Lipinski definition) is 9. The summed E-state index contributed by atoms with van der Waals surface area (Å²) < 4.78 is 18.5. The van der Waals surface area contributed by atoms with Crippen LogP contribution in [0.25, 0.3) is 10.9 Å². The summed E-state index contributed by atoms with van der Waals surface area (Å²) in [6.07, 6.45) is 1.57. The molecule has 5 rings (SSSR count). The Morgan fingerprint density at radius 2 is 1.83 bits per heavy atom. The van der Waals surface area contributed by atoms with E-state index >= 15 is 0 Å². The molecule has 0 aliphatic carbocycles. The fourth-order valence-corrected chi connectivity index (χ4v) is 5.48. The van der Waals surface area contributed by atoms with E-state index in [1.807, 2.05) is 31.2 Å². The number of ether oxygens (including phenoxy) is 3. The summed E-state index contributed by atoms with van der Waals surface area (Å²) >= 11 is 0. The Labute approximate surface area is 275 Å². The summed E-state index contributed by atoms with van der Waals surface area (Å²) in [6.45, 7) is 5.55. The number of urea groups is 1. The Hall–Kier alpha value is -6.18. The normalized spacial score (nSPS) is 14.4. The van der Waals surface area contributed by atoms with Gasteiger partial charge in [0, 0.05) is 46.5 Å². The van der Waals surface area contributed by atoms with Gasteiger partial charge in [-0.3, -0.25) is 14.9 Å². The van der Waals surface area contributed by atoms with E-state index in [0.29, 0.717) is 17.8 Å². The van der Waals surface area contributed by atoms with Crippen molar-refractivity contribution >= 4 is 40.7 Å². The number of hydrazone groups is 1. The number of carbonyl (C=O) groups excluding carboxylic acids is 3. The van der Waals surface area contributed by atoms with Crippen molar-refractivity contribution in [3.05, 3.63) is 110 Å². The van der Waals surface area contributed by atoms with Crippen LogP contribution in [0, 0.1) is 17.0 Å². The minimum atomic E-state index is -0.790. The smallest absolute Gasteiger partial charge is 0.338 e. The van der Waals surface area contributed by atoms with Crippen LogP contribution >= 0.6 is 0 Å². The lowest BCUT2D eigenvalue weighted by atomic mass is 9.95. The number of aromatic nitrogens is 1.